The Hall–Kier alpha value is -1.91. The Bertz CT molecular complexity index is 361. The maximum Gasteiger partial charge on any atom is 0.381 e. The molecule has 0 N–H and O–H groups in total. The van der Waals surface area contributed by atoms with Gasteiger partial charge in [0.2, 0.25) is 0 Å². The molecule has 16 heavy (non-hydrogen) atoms. The van der Waals surface area contributed by atoms with Crippen LogP contribution in [0.4, 0.5) is 4.39 Å². The highest BCUT2D eigenvalue weighted by Gasteiger charge is 2.20. The van der Waals surface area contributed by atoms with Gasteiger partial charge in [0.05, 0.1) is 6.61 Å². The fraction of sp³-hybridized carbons (Fsp3) is 0.273. The SMILES string of the molecule is CCOC(=O)C(F)Oc1ccc(C=O)cc1. The summed E-state index contributed by atoms with van der Waals surface area (Å²) in [4.78, 5) is 21.2. The van der Waals surface area contributed by atoms with Crippen LogP contribution < -0.4 is 4.74 Å². The van der Waals surface area contributed by atoms with Gasteiger partial charge in [-0.05, 0) is 31.2 Å². The third-order valence-electron chi connectivity index (χ3n) is 1.73. The Morgan fingerprint density at radius 3 is 2.56 bits per heavy atom. The number of alkyl halides is 1. The summed E-state index contributed by atoms with van der Waals surface area (Å²) >= 11 is 0. The second-order valence-corrected chi connectivity index (χ2v) is 2.87. The van der Waals surface area contributed by atoms with Crippen molar-refractivity contribution in [3.63, 3.8) is 0 Å². The second kappa shape index (κ2) is 5.85. The number of rotatable bonds is 5. The number of ether oxygens (including phenoxy) is 2. The van der Waals surface area contributed by atoms with E-state index in [9.17, 15) is 14.0 Å². The molecule has 0 spiro atoms. The molecule has 5 heteroatoms. The Labute approximate surface area is 92.0 Å². The van der Waals surface area contributed by atoms with E-state index in [-0.39, 0.29) is 12.4 Å². The van der Waals surface area contributed by atoms with E-state index >= 15 is 0 Å². The molecule has 0 radical (unpaired) electrons. The highest BCUT2D eigenvalue weighted by Crippen LogP contribution is 2.14. The molecule has 4 nitrogen and oxygen atoms in total. The predicted molar refractivity (Wildman–Crippen MR) is 54.0 cm³/mol. The number of carbonyl (C=O) groups is 2. The number of esters is 1. The number of hydrogen-bond donors (Lipinski definition) is 0. The molecule has 86 valence electrons. The Balaban J connectivity index is 2.58. The highest BCUT2D eigenvalue weighted by atomic mass is 19.1. The monoisotopic (exact) mass is 226 g/mol. The highest BCUT2D eigenvalue weighted by molar-refractivity contribution is 5.75. The lowest BCUT2D eigenvalue weighted by atomic mass is 10.2. The first kappa shape index (κ1) is 12.2. The second-order valence-electron chi connectivity index (χ2n) is 2.87. The fourth-order valence-electron chi connectivity index (χ4n) is 1.00. The zero-order valence-electron chi connectivity index (χ0n) is 8.68. The van der Waals surface area contributed by atoms with Crippen LogP contribution in [0.5, 0.6) is 5.75 Å². The summed E-state index contributed by atoms with van der Waals surface area (Å²) in [6, 6.07) is 5.71. The van der Waals surface area contributed by atoms with Crippen molar-refractivity contribution in [2.45, 2.75) is 13.3 Å². The molecule has 0 aromatic heterocycles. The van der Waals surface area contributed by atoms with Crippen molar-refractivity contribution in [3.8, 4) is 5.75 Å². The molecule has 0 aliphatic carbocycles. The Kier molecular flexibility index (Phi) is 4.44. The first-order valence-electron chi connectivity index (χ1n) is 4.70. The molecule has 1 atom stereocenters. The van der Waals surface area contributed by atoms with Gasteiger partial charge in [-0.25, -0.2) is 4.79 Å². The van der Waals surface area contributed by atoms with Crippen LogP contribution in [0.25, 0.3) is 0 Å². The largest absolute Gasteiger partial charge is 0.461 e. The molecule has 0 heterocycles. The maximum atomic E-state index is 13.1. The first-order chi connectivity index (χ1) is 7.67. The van der Waals surface area contributed by atoms with Crippen molar-refractivity contribution in [2.24, 2.45) is 0 Å². The molecule has 0 fully saturated rings. The van der Waals surface area contributed by atoms with E-state index in [0.717, 1.165) is 0 Å². The molecule has 1 aromatic carbocycles. The molecule has 1 unspecified atom stereocenters. The topological polar surface area (TPSA) is 52.6 Å². The molecular weight excluding hydrogens is 215 g/mol. The van der Waals surface area contributed by atoms with Gasteiger partial charge < -0.3 is 9.47 Å². The fourth-order valence-corrected chi connectivity index (χ4v) is 1.00. The van der Waals surface area contributed by atoms with Crippen molar-refractivity contribution in [2.75, 3.05) is 6.61 Å². The zero-order chi connectivity index (χ0) is 12.0. The molecule has 0 amide bonds. The van der Waals surface area contributed by atoms with Gasteiger partial charge in [-0.3, -0.25) is 4.79 Å². The number of hydrogen-bond acceptors (Lipinski definition) is 4. The van der Waals surface area contributed by atoms with E-state index in [1.54, 1.807) is 6.92 Å². The minimum Gasteiger partial charge on any atom is -0.461 e. The Morgan fingerprint density at radius 2 is 2.06 bits per heavy atom. The van der Waals surface area contributed by atoms with E-state index in [1.807, 2.05) is 0 Å². The predicted octanol–water partition coefficient (Wildman–Crippen LogP) is 1.74. The molecule has 0 aliphatic rings. The number of benzene rings is 1. The quantitative estimate of drug-likeness (QED) is 0.566. The van der Waals surface area contributed by atoms with E-state index in [4.69, 9.17) is 0 Å². The standard InChI is InChI=1S/C11H11FO4/c1-2-15-11(14)10(12)16-9-5-3-8(7-13)4-6-9/h3-7,10H,2H2,1H3. The minimum atomic E-state index is -2.15. The maximum absolute atomic E-state index is 13.1. The van der Waals surface area contributed by atoms with Gasteiger partial charge in [0.25, 0.3) is 0 Å². The average molecular weight is 226 g/mol. The van der Waals surface area contributed by atoms with Gasteiger partial charge in [0.1, 0.15) is 12.0 Å². The molecule has 0 saturated heterocycles. The van der Waals surface area contributed by atoms with Crippen LogP contribution in [0.2, 0.25) is 0 Å². The molecule has 0 aliphatic heterocycles. The normalized spacial score (nSPS) is 11.6. The summed E-state index contributed by atoms with van der Waals surface area (Å²) < 4.78 is 22.2. The van der Waals surface area contributed by atoms with Crippen LogP contribution in [0.3, 0.4) is 0 Å². The van der Waals surface area contributed by atoms with Crippen LogP contribution >= 0.6 is 0 Å². The number of aldehydes is 1. The van der Waals surface area contributed by atoms with E-state index in [0.29, 0.717) is 11.8 Å². The lowest BCUT2D eigenvalue weighted by Crippen LogP contribution is -2.24. The van der Waals surface area contributed by atoms with E-state index in [2.05, 4.69) is 9.47 Å². The lowest BCUT2D eigenvalue weighted by Gasteiger charge is -2.09. The van der Waals surface area contributed by atoms with Gasteiger partial charge in [-0.15, -0.1) is 0 Å². The van der Waals surface area contributed by atoms with E-state index in [1.165, 1.54) is 24.3 Å². The molecule has 0 bridgehead atoms. The zero-order valence-corrected chi connectivity index (χ0v) is 8.68. The smallest absolute Gasteiger partial charge is 0.381 e. The van der Waals surface area contributed by atoms with Crippen molar-refractivity contribution in [1.29, 1.82) is 0 Å². The van der Waals surface area contributed by atoms with Crippen LogP contribution in [-0.2, 0) is 9.53 Å². The van der Waals surface area contributed by atoms with Crippen molar-refractivity contribution < 1.29 is 23.5 Å². The van der Waals surface area contributed by atoms with Gasteiger partial charge in [-0.2, -0.15) is 4.39 Å². The summed E-state index contributed by atoms with van der Waals surface area (Å²) in [6.45, 7) is 1.66. The summed E-state index contributed by atoms with van der Waals surface area (Å²) in [6.07, 6.45) is -1.50. The average Bonchev–Trinajstić information content (AvgIpc) is 2.30. The molecular formula is C11H11FO4. The third-order valence-corrected chi connectivity index (χ3v) is 1.73. The van der Waals surface area contributed by atoms with Crippen LogP contribution in [-0.4, -0.2) is 25.2 Å². The van der Waals surface area contributed by atoms with Gasteiger partial charge >= 0.3 is 12.3 Å². The number of carbonyl (C=O) groups excluding carboxylic acids is 2. The summed E-state index contributed by atoms with van der Waals surface area (Å²) in [7, 11) is 0. The van der Waals surface area contributed by atoms with E-state index < -0.39 is 12.3 Å². The third kappa shape index (κ3) is 3.34. The van der Waals surface area contributed by atoms with Gasteiger partial charge in [0, 0.05) is 5.56 Å². The van der Waals surface area contributed by atoms with Gasteiger partial charge in [-0.1, -0.05) is 0 Å². The van der Waals surface area contributed by atoms with Crippen molar-refractivity contribution in [1.82, 2.24) is 0 Å². The van der Waals surface area contributed by atoms with Crippen molar-refractivity contribution in [3.05, 3.63) is 29.8 Å². The molecule has 1 aromatic rings. The Morgan fingerprint density at radius 1 is 1.44 bits per heavy atom. The summed E-state index contributed by atoms with van der Waals surface area (Å²) in [5, 5.41) is 0. The van der Waals surface area contributed by atoms with Crippen LogP contribution in [0, 0.1) is 0 Å². The summed E-state index contributed by atoms with van der Waals surface area (Å²) in [5.74, 6) is -0.909. The first-order valence-corrected chi connectivity index (χ1v) is 4.70. The summed E-state index contributed by atoms with van der Waals surface area (Å²) in [5.41, 5.74) is 0.443. The number of halogens is 1. The minimum absolute atomic E-state index is 0.0900. The van der Waals surface area contributed by atoms with Crippen LogP contribution in [0.15, 0.2) is 24.3 Å². The van der Waals surface area contributed by atoms with Gasteiger partial charge in [0.15, 0.2) is 0 Å². The molecule has 0 saturated carbocycles. The van der Waals surface area contributed by atoms with Crippen LogP contribution in [0.1, 0.15) is 17.3 Å². The molecule has 1 rings (SSSR count). The lowest BCUT2D eigenvalue weighted by molar-refractivity contribution is -0.159. The van der Waals surface area contributed by atoms with Crippen molar-refractivity contribution >= 4 is 12.3 Å².